The molecule has 1 aliphatic carbocycles. The molecular weight excluding hydrogens is 322 g/mol. The lowest BCUT2D eigenvalue weighted by atomic mass is 10.1. The summed E-state index contributed by atoms with van der Waals surface area (Å²) in [5, 5.41) is 2.99. The topological polar surface area (TPSA) is 52.7 Å². The first-order valence-corrected chi connectivity index (χ1v) is 9.73. The molecule has 0 aromatic heterocycles. The molecule has 1 aromatic carbocycles. The third kappa shape index (κ3) is 4.11. The molecule has 2 fully saturated rings. The summed E-state index contributed by atoms with van der Waals surface area (Å²) < 4.78 is 0. The van der Waals surface area contributed by atoms with E-state index in [2.05, 4.69) is 17.3 Å². The summed E-state index contributed by atoms with van der Waals surface area (Å²) in [6.07, 6.45) is 4.86. The van der Waals surface area contributed by atoms with Crippen LogP contribution in [0.25, 0.3) is 0 Å². The molecule has 0 unspecified atom stereocenters. The van der Waals surface area contributed by atoms with Gasteiger partial charge in [0.15, 0.2) is 0 Å². The molecule has 1 aromatic rings. The van der Waals surface area contributed by atoms with Crippen LogP contribution < -0.4 is 10.2 Å². The number of carbonyl (C=O) groups excluding carboxylic acids is 2. The highest BCUT2D eigenvalue weighted by Gasteiger charge is 2.35. The van der Waals surface area contributed by atoms with Gasteiger partial charge in [-0.1, -0.05) is 0 Å². The molecule has 2 aliphatic rings. The molecule has 1 heterocycles. The van der Waals surface area contributed by atoms with Crippen LogP contribution in [0.4, 0.5) is 5.69 Å². The van der Waals surface area contributed by atoms with E-state index < -0.39 is 0 Å². The molecule has 0 radical (unpaired) electrons. The van der Waals surface area contributed by atoms with Crippen LogP contribution in [0.3, 0.4) is 0 Å². The monoisotopic (exact) mass is 347 g/mol. The van der Waals surface area contributed by atoms with E-state index in [1.807, 2.05) is 30.5 Å². The molecule has 1 saturated heterocycles. The van der Waals surface area contributed by atoms with Crippen molar-refractivity contribution in [3.63, 3.8) is 0 Å². The van der Waals surface area contributed by atoms with Gasteiger partial charge in [-0.2, -0.15) is 0 Å². The Hall–Kier alpha value is -1.53. The first-order chi connectivity index (χ1) is 11.6. The lowest BCUT2D eigenvalue weighted by Gasteiger charge is -2.18. The Morgan fingerprint density at radius 2 is 2.04 bits per heavy atom. The quantitative estimate of drug-likeness (QED) is 0.766. The maximum absolute atomic E-state index is 12.3. The van der Waals surface area contributed by atoms with Crippen LogP contribution in [0.1, 0.15) is 19.3 Å². The summed E-state index contributed by atoms with van der Waals surface area (Å²) in [6.45, 7) is 2.00. The van der Waals surface area contributed by atoms with Crippen molar-refractivity contribution in [2.24, 2.45) is 5.92 Å². The fourth-order valence-corrected chi connectivity index (χ4v) is 3.50. The van der Waals surface area contributed by atoms with E-state index in [9.17, 15) is 9.59 Å². The highest BCUT2D eigenvalue weighted by molar-refractivity contribution is 7.98. The van der Waals surface area contributed by atoms with Gasteiger partial charge in [0, 0.05) is 42.7 Å². The van der Waals surface area contributed by atoms with Crippen molar-refractivity contribution < 1.29 is 9.59 Å². The minimum atomic E-state index is -0.246. The number of thioether (sulfide) groups is 1. The molecule has 0 spiro atoms. The van der Waals surface area contributed by atoms with Gasteiger partial charge in [-0.15, -0.1) is 11.8 Å². The van der Waals surface area contributed by atoms with Crippen LogP contribution in [0.15, 0.2) is 29.2 Å². The van der Waals surface area contributed by atoms with Gasteiger partial charge in [0.1, 0.15) is 0 Å². The molecule has 0 bridgehead atoms. The van der Waals surface area contributed by atoms with Crippen molar-refractivity contribution in [2.75, 3.05) is 37.8 Å². The van der Waals surface area contributed by atoms with Crippen LogP contribution in [-0.4, -0.2) is 55.7 Å². The predicted octanol–water partition coefficient (Wildman–Crippen LogP) is 1.97. The number of nitrogens with one attached hydrogen (secondary N) is 1. The van der Waals surface area contributed by atoms with E-state index in [0.29, 0.717) is 25.6 Å². The molecule has 1 aliphatic heterocycles. The number of benzene rings is 1. The predicted molar refractivity (Wildman–Crippen MR) is 97.3 cm³/mol. The Bertz CT molecular complexity index is 601. The lowest BCUT2D eigenvalue weighted by molar-refractivity contribution is -0.126. The van der Waals surface area contributed by atoms with Crippen molar-refractivity contribution in [3.8, 4) is 0 Å². The van der Waals surface area contributed by atoms with E-state index in [4.69, 9.17) is 0 Å². The summed E-state index contributed by atoms with van der Waals surface area (Å²) in [5.74, 6) is -0.220. The zero-order valence-electron chi connectivity index (χ0n) is 14.3. The minimum absolute atomic E-state index is 0.00391. The van der Waals surface area contributed by atoms with Gasteiger partial charge >= 0.3 is 0 Å². The fourth-order valence-electron chi connectivity index (χ4n) is 3.09. The maximum Gasteiger partial charge on any atom is 0.227 e. The van der Waals surface area contributed by atoms with Gasteiger partial charge in [0.2, 0.25) is 11.8 Å². The highest BCUT2D eigenvalue weighted by Crippen LogP contribution is 2.27. The second kappa shape index (κ2) is 7.57. The Balaban J connectivity index is 1.50. The van der Waals surface area contributed by atoms with Gasteiger partial charge in [-0.25, -0.2) is 0 Å². The Morgan fingerprint density at radius 3 is 2.67 bits per heavy atom. The molecule has 5 nitrogen and oxygen atoms in total. The van der Waals surface area contributed by atoms with Crippen molar-refractivity contribution in [1.29, 1.82) is 0 Å². The van der Waals surface area contributed by atoms with Gasteiger partial charge in [-0.3, -0.25) is 9.59 Å². The van der Waals surface area contributed by atoms with E-state index in [1.54, 1.807) is 16.7 Å². The number of rotatable bonds is 7. The van der Waals surface area contributed by atoms with Gasteiger partial charge in [0.25, 0.3) is 0 Å². The number of amides is 2. The Labute approximate surface area is 147 Å². The molecule has 130 valence electrons. The van der Waals surface area contributed by atoms with Crippen LogP contribution in [0.2, 0.25) is 0 Å². The average Bonchev–Trinajstić information content (AvgIpc) is 3.37. The average molecular weight is 347 g/mol. The van der Waals surface area contributed by atoms with Crippen LogP contribution in [0, 0.1) is 5.92 Å². The SMILES string of the molecule is CSc1ccc(N2C[C@@H](C(=O)NCCN(C)C3CC3)CC2=O)cc1. The van der Waals surface area contributed by atoms with Crippen molar-refractivity contribution in [1.82, 2.24) is 10.2 Å². The smallest absolute Gasteiger partial charge is 0.227 e. The summed E-state index contributed by atoms with van der Waals surface area (Å²) in [7, 11) is 2.10. The van der Waals surface area contributed by atoms with E-state index in [-0.39, 0.29) is 17.7 Å². The summed E-state index contributed by atoms with van der Waals surface area (Å²) in [6, 6.07) is 8.63. The number of hydrogen-bond acceptors (Lipinski definition) is 4. The number of hydrogen-bond donors (Lipinski definition) is 1. The van der Waals surface area contributed by atoms with Crippen LogP contribution >= 0.6 is 11.8 Å². The second-order valence-electron chi connectivity index (χ2n) is 6.61. The summed E-state index contributed by atoms with van der Waals surface area (Å²) in [4.78, 5) is 29.8. The number of anilines is 1. The number of likely N-dealkylation sites (N-methyl/N-ethyl adjacent to an activating group) is 1. The molecule has 2 amide bonds. The minimum Gasteiger partial charge on any atom is -0.355 e. The third-order valence-corrected chi connectivity index (χ3v) is 5.56. The van der Waals surface area contributed by atoms with Crippen molar-refractivity contribution >= 4 is 29.3 Å². The molecule has 1 N–H and O–H groups in total. The van der Waals surface area contributed by atoms with Crippen molar-refractivity contribution in [3.05, 3.63) is 24.3 Å². The molecule has 3 rings (SSSR count). The van der Waals surface area contributed by atoms with E-state index in [0.717, 1.165) is 12.2 Å². The largest absolute Gasteiger partial charge is 0.355 e. The van der Waals surface area contributed by atoms with Crippen LogP contribution in [0.5, 0.6) is 0 Å². The van der Waals surface area contributed by atoms with Gasteiger partial charge in [0.05, 0.1) is 5.92 Å². The molecule has 1 saturated carbocycles. The fraction of sp³-hybridized carbons (Fsp3) is 0.556. The van der Waals surface area contributed by atoms with Gasteiger partial charge < -0.3 is 15.1 Å². The third-order valence-electron chi connectivity index (χ3n) is 4.81. The second-order valence-corrected chi connectivity index (χ2v) is 7.49. The highest BCUT2D eigenvalue weighted by atomic mass is 32.2. The first kappa shape index (κ1) is 17.3. The van der Waals surface area contributed by atoms with E-state index >= 15 is 0 Å². The Morgan fingerprint density at radius 1 is 1.33 bits per heavy atom. The standard InChI is InChI=1S/C18H25N3O2S/c1-20(14-3-4-14)10-9-19-18(23)13-11-17(22)21(12-13)15-5-7-16(24-2)8-6-15/h5-8,13-14H,3-4,9-12H2,1-2H3,(H,19,23)/t13-/m0/s1. The van der Waals surface area contributed by atoms with E-state index in [1.165, 1.54) is 17.7 Å². The Kier molecular flexibility index (Phi) is 5.46. The molecular formula is C18H25N3O2S. The first-order valence-electron chi connectivity index (χ1n) is 8.51. The molecule has 24 heavy (non-hydrogen) atoms. The lowest BCUT2D eigenvalue weighted by Crippen LogP contribution is -2.38. The molecule has 1 atom stereocenters. The number of carbonyl (C=O) groups is 2. The summed E-state index contributed by atoms with van der Waals surface area (Å²) >= 11 is 1.67. The molecule has 6 heteroatoms. The summed E-state index contributed by atoms with van der Waals surface area (Å²) in [5.41, 5.74) is 0.876. The maximum atomic E-state index is 12.3. The zero-order valence-corrected chi connectivity index (χ0v) is 15.1. The normalized spacial score (nSPS) is 20.7. The zero-order chi connectivity index (χ0) is 17.1. The van der Waals surface area contributed by atoms with Crippen molar-refractivity contribution in [2.45, 2.75) is 30.2 Å². The van der Waals surface area contributed by atoms with Gasteiger partial charge in [-0.05, 0) is 50.4 Å². The number of nitrogens with zero attached hydrogens (tertiary/aromatic N) is 2. The van der Waals surface area contributed by atoms with Crippen LogP contribution in [-0.2, 0) is 9.59 Å².